The summed E-state index contributed by atoms with van der Waals surface area (Å²) in [6, 6.07) is 0. The molecule has 7 N–H and O–H groups in total. The minimum absolute atomic E-state index is 0.365. The van der Waals surface area contributed by atoms with Crippen LogP contribution in [0.4, 0.5) is 5.82 Å². The summed E-state index contributed by atoms with van der Waals surface area (Å²) in [7, 11) is -4.73. The van der Waals surface area contributed by atoms with Crippen LogP contribution < -0.4 is 11.1 Å². The zero-order valence-electron chi connectivity index (χ0n) is 14.8. The van der Waals surface area contributed by atoms with Gasteiger partial charge in [0, 0.05) is 6.54 Å². The zero-order chi connectivity index (χ0) is 20.3. The third kappa shape index (κ3) is 4.64. The first-order valence-corrected chi connectivity index (χ1v) is 10.2. The summed E-state index contributed by atoms with van der Waals surface area (Å²) in [5, 5.41) is 23.6. The Balaban J connectivity index is 1.77. The molecule has 0 spiro atoms. The smallest absolute Gasteiger partial charge is 0.387 e. The number of phosphoric ester groups is 1. The van der Waals surface area contributed by atoms with E-state index in [0.29, 0.717) is 30.1 Å². The number of nitrogens with two attached hydrogens (primary N) is 1. The number of ether oxygens (including phenoxy) is 1. The number of nitrogens with zero attached hydrogens (tertiary/aromatic N) is 4. The Hall–Kier alpha value is -1.70. The van der Waals surface area contributed by atoms with Gasteiger partial charge in [-0.3, -0.25) is 9.09 Å². The molecule has 13 nitrogen and oxygen atoms in total. The predicted molar refractivity (Wildman–Crippen MR) is 96.0 cm³/mol. The molecule has 2 aromatic rings. The summed E-state index contributed by atoms with van der Waals surface area (Å²) in [5.74, 6) is 0.509. The Morgan fingerprint density at radius 3 is 2.75 bits per heavy atom. The largest absolute Gasteiger partial charge is 0.469 e. The lowest BCUT2D eigenvalue weighted by Crippen LogP contribution is -2.33. The SMILES string of the molecule is NCCCCNc1ncnc2c1ncn2[C@@H]1O[C@H](COP(=O)(O)O)[C@@H](O)[C@H]1O. The van der Waals surface area contributed by atoms with Crippen molar-refractivity contribution in [3.05, 3.63) is 12.7 Å². The number of imidazole rings is 1. The van der Waals surface area contributed by atoms with Crippen LogP contribution in [-0.2, 0) is 13.8 Å². The fourth-order valence-corrected chi connectivity index (χ4v) is 3.25. The molecule has 28 heavy (non-hydrogen) atoms. The number of hydrogen-bond donors (Lipinski definition) is 6. The second-order valence-corrected chi connectivity index (χ2v) is 7.54. The van der Waals surface area contributed by atoms with Crippen LogP contribution in [0.5, 0.6) is 0 Å². The second kappa shape index (κ2) is 8.76. The molecule has 0 aliphatic carbocycles. The summed E-state index contributed by atoms with van der Waals surface area (Å²) < 4.78 is 22.2. The highest BCUT2D eigenvalue weighted by molar-refractivity contribution is 7.46. The van der Waals surface area contributed by atoms with Gasteiger partial charge >= 0.3 is 7.82 Å². The fraction of sp³-hybridized carbons (Fsp3) is 0.643. The molecule has 4 atom stereocenters. The monoisotopic (exact) mass is 418 g/mol. The van der Waals surface area contributed by atoms with E-state index in [-0.39, 0.29) is 0 Å². The molecule has 1 saturated heterocycles. The second-order valence-electron chi connectivity index (χ2n) is 6.30. The molecule has 14 heteroatoms. The third-order valence-electron chi connectivity index (χ3n) is 4.30. The molecule has 1 aliphatic rings. The number of nitrogens with one attached hydrogen (secondary N) is 1. The summed E-state index contributed by atoms with van der Waals surface area (Å²) in [6.45, 7) is 0.662. The van der Waals surface area contributed by atoms with Gasteiger partial charge in [0.2, 0.25) is 0 Å². The molecule has 0 aromatic carbocycles. The summed E-state index contributed by atoms with van der Waals surface area (Å²) in [5.41, 5.74) is 6.29. The third-order valence-corrected chi connectivity index (χ3v) is 4.79. The number of aliphatic hydroxyl groups excluding tert-OH is 2. The van der Waals surface area contributed by atoms with Crippen LogP contribution in [0.25, 0.3) is 11.2 Å². The van der Waals surface area contributed by atoms with Crippen LogP contribution in [0.15, 0.2) is 12.7 Å². The Morgan fingerprint density at radius 2 is 2.04 bits per heavy atom. The van der Waals surface area contributed by atoms with E-state index in [0.717, 1.165) is 12.8 Å². The van der Waals surface area contributed by atoms with Crippen LogP contribution in [0, 0.1) is 0 Å². The lowest BCUT2D eigenvalue weighted by molar-refractivity contribution is -0.0504. The van der Waals surface area contributed by atoms with Gasteiger partial charge in [-0.25, -0.2) is 19.5 Å². The first-order valence-electron chi connectivity index (χ1n) is 8.65. The van der Waals surface area contributed by atoms with E-state index < -0.39 is 39.0 Å². The number of hydrogen-bond acceptors (Lipinski definition) is 10. The van der Waals surface area contributed by atoms with Crippen LogP contribution in [-0.4, -0.2) is 77.5 Å². The standard InChI is InChI=1S/C14H23N6O7P/c15-3-1-2-4-16-12-9-13(18-6-17-12)20(7-19-9)14-11(22)10(21)8(27-14)5-26-28(23,24)25/h6-8,10-11,14,21-22H,1-5,15H2,(H,16,17,18)(H2,23,24,25)/t8-,10-,11-,14-/m1/s1. The van der Waals surface area contributed by atoms with E-state index in [9.17, 15) is 14.8 Å². The first-order chi connectivity index (χ1) is 13.3. The highest BCUT2D eigenvalue weighted by atomic mass is 31.2. The molecule has 3 rings (SSSR count). The number of phosphoric acid groups is 1. The summed E-state index contributed by atoms with van der Waals surface area (Å²) in [4.78, 5) is 30.2. The molecule has 1 fully saturated rings. The highest BCUT2D eigenvalue weighted by Gasteiger charge is 2.45. The van der Waals surface area contributed by atoms with Crippen molar-refractivity contribution in [1.82, 2.24) is 19.5 Å². The normalized spacial score (nSPS) is 25.5. The van der Waals surface area contributed by atoms with E-state index in [4.69, 9.17) is 20.3 Å². The number of aliphatic hydroxyl groups is 2. The minimum Gasteiger partial charge on any atom is -0.387 e. The van der Waals surface area contributed by atoms with Crippen LogP contribution in [0.1, 0.15) is 19.1 Å². The van der Waals surface area contributed by atoms with E-state index in [1.807, 2.05) is 0 Å². The molecule has 0 saturated carbocycles. The van der Waals surface area contributed by atoms with Gasteiger partial charge in [-0.2, -0.15) is 0 Å². The first kappa shape index (κ1) is 21.0. The van der Waals surface area contributed by atoms with Crippen LogP contribution >= 0.6 is 7.82 Å². The number of anilines is 1. The van der Waals surface area contributed by atoms with E-state index in [1.54, 1.807) is 0 Å². The van der Waals surface area contributed by atoms with Gasteiger partial charge in [-0.1, -0.05) is 0 Å². The van der Waals surface area contributed by atoms with Gasteiger partial charge in [-0.05, 0) is 19.4 Å². The fourth-order valence-electron chi connectivity index (χ4n) is 2.91. The number of rotatable bonds is 9. The molecular formula is C14H23N6O7P. The highest BCUT2D eigenvalue weighted by Crippen LogP contribution is 2.38. The van der Waals surface area contributed by atoms with Crippen molar-refractivity contribution in [2.24, 2.45) is 5.73 Å². The summed E-state index contributed by atoms with van der Waals surface area (Å²) >= 11 is 0. The van der Waals surface area contributed by atoms with Gasteiger partial charge in [-0.15, -0.1) is 0 Å². The predicted octanol–water partition coefficient (Wildman–Crippen LogP) is -1.29. The van der Waals surface area contributed by atoms with Crippen molar-refractivity contribution in [1.29, 1.82) is 0 Å². The number of unbranched alkanes of at least 4 members (excludes halogenated alkanes) is 1. The molecule has 0 bridgehead atoms. The average molecular weight is 418 g/mol. The Labute approximate surface area is 159 Å². The van der Waals surface area contributed by atoms with Gasteiger partial charge < -0.3 is 35.8 Å². The minimum atomic E-state index is -4.73. The maximum atomic E-state index is 10.9. The van der Waals surface area contributed by atoms with Crippen LogP contribution in [0.3, 0.4) is 0 Å². The lowest BCUT2D eigenvalue weighted by Gasteiger charge is -2.16. The van der Waals surface area contributed by atoms with Crippen LogP contribution in [0.2, 0.25) is 0 Å². The molecule has 1 aliphatic heterocycles. The van der Waals surface area contributed by atoms with E-state index >= 15 is 0 Å². The van der Waals surface area contributed by atoms with Crippen molar-refractivity contribution < 1.29 is 33.8 Å². The molecule has 0 unspecified atom stereocenters. The number of aromatic nitrogens is 4. The number of fused-ring (bicyclic) bond motifs is 1. The molecule has 0 amide bonds. The van der Waals surface area contributed by atoms with E-state index in [1.165, 1.54) is 17.2 Å². The topological polar surface area (TPSA) is 198 Å². The average Bonchev–Trinajstić information content (AvgIpc) is 3.19. The molecule has 2 aromatic heterocycles. The van der Waals surface area contributed by atoms with Crippen molar-refractivity contribution in [3.8, 4) is 0 Å². The maximum absolute atomic E-state index is 10.9. The van der Waals surface area contributed by atoms with E-state index in [2.05, 4.69) is 24.8 Å². The van der Waals surface area contributed by atoms with Crippen molar-refractivity contribution in [2.75, 3.05) is 25.0 Å². The van der Waals surface area contributed by atoms with Crippen molar-refractivity contribution in [2.45, 2.75) is 37.4 Å². The van der Waals surface area contributed by atoms with Crippen molar-refractivity contribution in [3.63, 3.8) is 0 Å². The summed E-state index contributed by atoms with van der Waals surface area (Å²) in [6.07, 6.45) is -0.543. The Bertz CT molecular complexity index is 845. The molecule has 0 radical (unpaired) electrons. The lowest BCUT2D eigenvalue weighted by atomic mass is 10.1. The van der Waals surface area contributed by atoms with Gasteiger partial charge in [0.1, 0.15) is 24.6 Å². The van der Waals surface area contributed by atoms with Gasteiger partial charge in [0.15, 0.2) is 23.2 Å². The Kier molecular flexibility index (Phi) is 6.58. The quantitative estimate of drug-likeness (QED) is 0.208. The molecule has 3 heterocycles. The maximum Gasteiger partial charge on any atom is 0.469 e. The zero-order valence-corrected chi connectivity index (χ0v) is 15.7. The van der Waals surface area contributed by atoms with Crippen molar-refractivity contribution >= 4 is 24.8 Å². The van der Waals surface area contributed by atoms with Gasteiger partial charge in [0.05, 0.1) is 12.9 Å². The Morgan fingerprint density at radius 1 is 1.25 bits per heavy atom. The molecule has 156 valence electrons. The molecular weight excluding hydrogens is 395 g/mol. The van der Waals surface area contributed by atoms with Gasteiger partial charge in [0.25, 0.3) is 0 Å².